The fourth-order valence-electron chi connectivity index (χ4n) is 1.57. The van der Waals surface area contributed by atoms with Crippen molar-refractivity contribution >= 4 is 52.6 Å². The Kier molecular flexibility index (Phi) is 5.51. The lowest BCUT2D eigenvalue weighted by molar-refractivity contribution is 0.255. The molecule has 21 heavy (non-hydrogen) atoms. The van der Waals surface area contributed by atoms with Crippen LogP contribution in [0.3, 0.4) is 0 Å². The normalized spacial score (nSPS) is 10.6. The molecular weight excluding hydrogens is 331 g/mol. The maximum Gasteiger partial charge on any atom is 0.323 e. The maximum atomic E-state index is 11.7. The molecule has 0 aliphatic heterocycles. The molecular formula is C15H11Cl3N2O. The summed E-state index contributed by atoms with van der Waals surface area (Å²) >= 11 is 17.7. The van der Waals surface area contributed by atoms with Gasteiger partial charge in [0.1, 0.15) is 0 Å². The monoisotopic (exact) mass is 340 g/mol. The molecule has 0 heterocycles. The number of carbonyl (C=O) groups excluding carboxylic acids is 1. The molecule has 0 aliphatic rings. The van der Waals surface area contributed by atoms with Crippen LogP contribution < -0.4 is 10.6 Å². The molecule has 108 valence electrons. The Morgan fingerprint density at radius 2 is 1.76 bits per heavy atom. The van der Waals surface area contributed by atoms with Crippen LogP contribution in [0.2, 0.25) is 15.1 Å². The molecule has 2 amide bonds. The molecule has 3 nitrogen and oxygen atoms in total. The first-order chi connectivity index (χ1) is 10.1. The number of halogens is 3. The molecule has 0 saturated carbocycles. The lowest BCUT2D eigenvalue weighted by Crippen LogP contribution is -2.23. The van der Waals surface area contributed by atoms with E-state index in [1.807, 2.05) is 18.2 Å². The van der Waals surface area contributed by atoms with E-state index in [4.69, 9.17) is 34.8 Å². The van der Waals surface area contributed by atoms with E-state index in [2.05, 4.69) is 10.6 Å². The topological polar surface area (TPSA) is 41.1 Å². The molecule has 0 bridgehead atoms. The van der Waals surface area contributed by atoms with Gasteiger partial charge in [0.05, 0.1) is 10.7 Å². The summed E-state index contributed by atoms with van der Waals surface area (Å²) in [4.78, 5) is 11.7. The van der Waals surface area contributed by atoms with Gasteiger partial charge < -0.3 is 10.6 Å². The largest absolute Gasteiger partial charge is 0.323 e. The summed E-state index contributed by atoms with van der Waals surface area (Å²) in [5.41, 5.74) is 1.29. The summed E-state index contributed by atoms with van der Waals surface area (Å²) in [6.07, 6.45) is 3.20. The van der Waals surface area contributed by atoms with E-state index in [1.165, 1.54) is 6.20 Å². The predicted molar refractivity (Wildman–Crippen MR) is 89.1 cm³/mol. The SMILES string of the molecule is O=C(N/C=C/c1ccccc1Cl)Nc1ccc(Cl)cc1Cl. The van der Waals surface area contributed by atoms with E-state index < -0.39 is 6.03 Å². The first kappa shape index (κ1) is 15.7. The Morgan fingerprint density at radius 1 is 1.00 bits per heavy atom. The number of nitrogens with one attached hydrogen (secondary N) is 2. The second kappa shape index (κ2) is 7.36. The lowest BCUT2D eigenvalue weighted by Gasteiger charge is -2.06. The lowest BCUT2D eigenvalue weighted by atomic mass is 10.2. The second-order valence-electron chi connectivity index (χ2n) is 4.08. The number of amides is 2. The zero-order valence-electron chi connectivity index (χ0n) is 10.7. The maximum absolute atomic E-state index is 11.7. The van der Waals surface area contributed by atoms with Gasteiger partial charge in [0.25, 0.3) is 0 Å². The van der Waals surface area contributed by atoms with Crippen molar-refractivity contribution in [2.75, 3.05) is 5.32 Å². The van der Waals surface area contributed by atoms with Crippen molar-refractivity contribution in [3.05, 3.63) is 69.3 Å². The van der Waals surface area contributed by atoms with Gasteiger partial charge in [0, 0.05) is 16.2 Å². The molecule has 6 heteroatoms. The van der Waals surface area contributed by atoms with Crippen molar-refractivity contribution in [1.82, 2.24) is 5.32 Å². The Labute approximate surface area is 137 Å². The van der Waals surface area contributed by atoms with Crippen molar-refractivity contribution in [2.45, 2.75) is 0 Å². The Balaban J connectivity index is 1.95. The van der Waals surface area contributed by atoms with E-state index in [0.29, 0.717) is 20.8 Å². The molecule has 0 atom stereocenters. The van der Waals surface area contributed by atoms with Crippen molar-refractivity contribution in [3.8, 4) is 0 Å². The highest BCUT2D eigenvalue weighted by Gasteiger charge is 2.04. The molecule has 0 unspecified atom stereocenters. The van der Waals surface area contributed by atoms with Gasteiger partial charge in [0.2, 0.25) is 0 Å². The molecule has 0 radical (unpaired) electrons. The van der Waals surface area contributed by atoms with Gasteiger partial charge in [-0.25, -0.2) is 4.79 Å². The molecule has 2 N–H and O–H groups in total. The van der Waals surface area contributed by atoms with Gasteiger partial charge in [0.15, 0.2) is 0 Å². The molecule has 2 aromatic rings. The Morgan fingerprint density at radius 3 is 2.48 bits per heavy atom. The van der Waals surface area contributed by atoms with E-state index in [0.717, 1.165) is 5.56 Å². The molecule has 2 rings (SSSR count). The van der Waals surface area contributed by atoms with Crippen LogP contribution in [-0.4, -0.2) is 6.03 Å². The van der Waals surface area contributed by atoms with Crippen molar-refractivity contribution in [2.24, 2.45) is 0 Å². The number of rotatable bonds is 3. The van der Waals surface area contributed by atoms with Gasteiger partial charge >= 0.3 is 6.03 Å². The minimum atomic E-state index is -0.414. The van der Waals surface area contributed by atoms with Crippen LogP contribution in [-0.2, 0) is 0 Å². The van der Waals surface area contributed by atoms with Gasteiger partial charge in [-0.2, -0.15) is 0 Å². The highest BCUT2D eigenvalue weighted by atomic mass is 35.5. The van der Waals surface area contributed by atoms with E-state index in [9.17, 15) is 4.79 Å². The molecule has 0 saturated heterocycles. The third kappa shape index (κ3) is 4.67. The highest BCUT2D eigenvalue weighted by molar-refractivity contribution is 6.36. The van der Waals surface area contributed by atoms with Crippen LogP contribution in [0.4, 0.5) is 10.5 Å². The second-order valence-corrected chi connectivity index (χ2v) is 5.33. The summed E-state index contributed by atoms with van der Waals surface area (Å²) < 4.78 is 0. The standard InChI is InChI=1S/C15H11Cl3N2O/c16-11-5-6-14(13(18)9-11)20-15(21)19-8-7-10-3-1-2-4-12(10)17/h1-9H,(H2,19,20,21)/b8-7+. The van der Waals surface area contributed by atoms with Crippen LogP contribution in [0.25, 0.3) is 6.08 Å². The number of benzene rings is 2. The number of urea groups is 1. The summed E-state index contributed by atoms with van der Waals surface area (Å²) in [5.74, 6) is 0. The van der Waals surface area contributed by atoms with Crippen molar-refractivity contribution in [1.29, 1.82) is 0 Å². The van der Waals surface area contributed by atoms with Gasteiger partial charge in [-0.1, -0.05) is 53.0 Å². The zero-order chi connectivity index (χ0) is 15.2. The number of anilines is 1. The summed E-state index contributed by atoms with van der Waals surface area (Å²) in [6, 6.07) is 11.7. The smallest absolute Gasteiger partial charge is 0.314 e. The Bertz CT molecular complexity index is 686. The zero-order valence-corrected chi connectivity index (χ0v) is 13.0. The van der Waals surface area contributed by atoms with Crippen molar-refractivity contribution < 1.29 is 4.79 Å². The average molecular weight is 342 g/mol. The van der Waals surface area contributed by atoms with E-state index in [-0.39, 0.29) is 0 Å². The molecule has 2 aromatic carbocycles. The fourth-order valence-corrected chi connectivity index (χ4v) is 2.22. The van der Waals surface area contributed by atoms with Crippen LogP contribution >= 0.6 is 34.8 Å². The summed E-state index contributed by atoms with van der Waals surface area (Å²) in [6.45, 7) is 0. The van der Waals surface area contributed by atoms with Crippen LogP contribution in [0.15, 0.2) is 48.7 Å². The quantitative estimate of drug-likeness (QED) is 0.767. The summed E-state index contributed by atoms with van der Waals surface area (Å²) in [5, 5.41) is 6.66. The first-order valence-corrected chi connectivity index (χ1v) is 7.13. The minimum Gasteiger partial charge on any atom is -0.314 e. The van der Waals surface area contributed by atoms with E-state index >= 15 is 0 Å². The van der Waals surface area contributed by atoms with Crippen LogP contribution in [0.5, 0.6) is 0 Å². The van der Waals surface area contributed by atoms with Crippen LogP contribution in [0.1, 0.15) is 5.56 Å². The number of hydrogen-bond acceptors (Lipinski definition) is 1. The average Bonchev–Trinajstić information content (AvgIpc) is 2.44. The summed E-state index contributed by atoms with van der Waals surface area (Å²) in [7, 11) is 0. The van der Waals surface area contributed by atoms with Crippen LogP contribution in [0, 0.1) is 0 Å². The molecule has 0 aromatic heterocycles. The predicted octanol–water partition coefficient (Wildman–Crippen LogP) is 5.44. The fraction of sp³-hybridized carbons (Fsp3) is 0. The van der Waals surface area contributed by atoms with Gasteiger partial charge in [-0.15, -0.1) is 0 Å². The highest BCUT2D eigenvalue weighted by Crippen LogP contribution is 2.25. The molecule has 0 spiro atoms. The third-order valence-electron chi connectivity index (χ3n) is 2.56. The molecule has 0 aliphatic carbocycles. The third-order valence-corrected chi connectivity index (χ3v) is 3.45. The number of hydrogen-bond donors (Lipinski definition) is 2. The number of carbonyl (C=O) groups is 1. The Hall–Kier alpha value is -1.68. The molecule has 0 fully saturated rings. The first-order valence-electron chi connectivity index (χ1n) is 6.00. The minimum absolute atomic E-state index is 0.368. The van der Waals surface area contributed by atoms with E-state index in [1.54, 1.807) is 30.3 Å². The van der Waals surface area contributed by atoms with Gasteiger partial charge in [-0.05, 0) is 35.9 Å². The van der Waals surface area contributed by atoms with Crippen molar-refractivity contribution in [3.63, 3.8) is 0 Å². The van der Waals surface area contributed by atoms with Gasteiger partial charge in [-0.3, -0.25) is 0 Å².